The molecule has 1 heterocycles. The predicted molar refractivity (Wildman–Crippen MR) is 86.9 cm³/mol. The van der Waals surface area contributed by atoms with E-state index in [-0.39, 0.29) is 12.5 Å². The third-order valence-corrected chi connectivity index (χ3v) is 3.44. The molecule has 2 aromatic rings. The summed E-state index contributed by atoms with van der Waals surface area (Å²) in [6.07, 6.45) is 0.206. The molecular weight excluding hydrogens is 296 g/mol. The predicted octanol–water partition coefficient (Wildman–Crippen LogP) is 1.97. The van der Waals surface area contributed by atoms with Gasteiger partial charge in [0.1, 0.15) is 12.4 Å². The number of hydrogen-bond acceptors (Lipinski definition) is 4. The summed E-state index contributed by atoms with van der Waals surface area (Å²) in [5, 5.41) is 2.41. The van der Waals surface area contributed by atoms with Gasteiger partial charge in [-0.05, 0) is 31.0 Å². The summed E-state index contributed by atoms with van der Waals surface area (Å²) in [7, 11) is 1.26. The van der Waals surface area contributed by atoms with Gasteiger partial charge in [-0.25, -0.2) is 9.78 Å². The van der Waals surface area contributed by atoms with Crippen molar-refractivity contribution in [3.63, 3.8) is 0 Å². The normalized spacial score (nSPS) is 10.6. The summed E-state index contributed by atoms with van der Waals surface area (Å²) in [6, 6.07) is 5.98. The van der Waals surface area contributed by atoms with E-state index in [0.717, 1.165) is 28.8 Å². The molecule has 0 saturated carbocycles. The van der Waals surface area contributed by atoms with E-state index in [1.165, 1.54) is 7.11 Å². The molecule has 124 valence electrons. The number of nitrogens with one attached hydrogen (secondary N) is 2. The maximum absolute atomic E-state index is 12.2. The summed E-state index contributed by atoms with van der Waals surface area (Å²) in [6.45, 7) is 4.90. The Labute approximate surface area is 135 Å². The van der Waals surface area contributed by atoms with Crippen LogP contribution >= 0.6 is 0 Å². The van der Waals surface area contributed by atoms with Gasteiger partial charge in [-0.1, -0.05) is 13.0 Å². The van der Waals surface area contributed by atoms with Gasteiger partial charge in [-0.3, -0.25) is 4.79 Å². The monoisotopic (exact) mass is 318 g/mol. The van der Waals surface area contributed by atoms with Crippen molar-refractivity contribution in [1.29, 1.82) is 0 Å². The Balaban J connectivity index is 2.07. The van der Waals surface area contributed by atoms with Crippen LogP contribution in [0.4, 0.5) is 4.79 Å². The number of hydrogen-bond donors (Lipinski definition) is 2. The van der Waals surface area contributed by atoms with E-state index in [4.69, 9.17) is 0 Å². The standard InChI is InChI=1S/C16H22N4O3/c1-4-7-20(15(21)9-17-16(22)23-3)10-14-18-12-6-5-11(2)8-13(12)19-14/h5-6,8H,4,7,9-10H2,1-3H3,(H,17,22)(H,18,19). The van der Waals surface area contributed by atoms with E-state index >= 15 is 0 Å². The number of nitrogens with zero attached hydrogens (tertiary/aromatic N) is 2. The first-order valence-electron chi connectivity index (χ1n) is 7.58. The van der Waals surface area contributed by atoms with Crippen LogP contribution in [0, 0.1) is 6.92 Å². The highest BCUT2D eigenvalue weighted by Crippen LogP contribution is 2.14. The Bertz CT molecular complexity index is 696. The number of carbonyl (C=O) groups excluding carboxylic acids is 2. The molecule has 0 spiro atoms. The van der Waals surface area contributed by atoms with Gasteiger partial charge in [0, 0.05) is 6.54 Å². The first-order chi connectivity index (χ1) is 11.0. The van der Waals surface area contributed by atoms with Crippen LogP contribution in [0.3, 0.4) is 0 Å². The van der Waals surface area contributed by atoms with Gasteiger partial charge < -0.3 is 19.9 Å². The van der Waals surface area contributed by atoms with E-state index in [2.05, 4.69) is 20.0 Å². The highest BCUT2D eigenvalue weighted by atomic mass is 16.5. The van der Waals surface area contributed by atoms with Crippen molar-refractivity contribution in [2.75, 3.05) is 20.2 Å². The van der Waals surface area contributed by atoms with Gasteiger partial charge in [0.25, 0.3) is 0 Å². The van der Waals surface area contributed by atoms with Crippen LogP contribution in [-0.4, -0.2) is 47.1 Å². The lowest BCUT2D eigenvalue weighted by atomic mass is 10.2. The van der Waals surface area contributed by atoms with E-state index in [1.807, 2.05) is 32.0 Å². The van der Waals surface area contributed by atoms with Crippen LogP contribution in [0.1, 0.15) is 24.7 Å². The maximum atomic E-state index is 12.2. The number of alkyl carbamates (subject to hydrolysis) is 1. The first kappa shape index (κ1) is 16.8. The Morgan fingerprint density at radius 1 is 1.39 bits per heavy atom. The first-order valence-corrected chi connectivity index (χ1v) is 7.58. The zero-order valence-corrected chi connectivity index (χ0v) is 13.7. The number of benzene rings is 1. The summed E-state index contributed by atoms with van der Waals surface area (Å²) in [5.41, 5.74) is 2.98. The third kappa shape index (κ3) is 4.45. The number of ether oxygens (including phenoxy) is 1. The van der Waals surface area contributed by atoms with E-state index < -0.39 is 6.09 Å². The minimum absolute atomic E-state index is 0.0913. The number of H-pyrrole nitrogens is 1. The van der Waals surface area contributed by atoms with Crippen molar-refractivity contribution in [3.8, 4) is 0 Å². The van der Waals surface area contributed by atoms with Crippen molar-refractivity contribution >= 4 is 23.0 Å². The van der Waals surface area contributed by atoms with Gasteiger partial charge in [0.15, 0.2) is 0 Å². The molecule has 0 unspecified atom stereocenters. The second-order valence-corrected chi connectivity index (χ2v) is 5.36. The number of methoxy groups -OCH3 is 1. The van der Waals surface area contributed by atoms with Crippen molar-refractivity contribution in [2.45, 2.75) is 26.8 Å². The summed E-state index contributed by atoms with van der Waals surface area (Å²) in [4.78, 5) is 32.7. The molecule has 0 bridgehead atoms. The van der Waals surface area contributed by atoms with Crippen LogP contribution in [0.5, 0.6) is 0 Å². The smallest absolute Gasteiger partial charge is 0.407 e. The number of aromatic amines is 1. The molecule has 0 fully saturated rings. The summed E-state index contributed by atoms with van der Waals surface area (Å²) < 4.78 is 4.47. The van der Waals surface area contributed by atoms with Crippen LogP contribution in [0.25, 0.3) is 11.0 Å². The second-order valence-electron chi connectivity index (χ2n) is 5.36. The Morgan fingerprint density at radius 3 is 2.87 bits per heavy atom. The SMILES string of the molecule is CCCN(Cc1nc2ccc(C)cc2[nH]1)C(=O)CNC(=O)OC. The lowest BCUT2D eigenvalue weighted by Gasteiger charge is -2.21. The highest BCUT2D eigenvalue weighted by Gasteiger charge is 2.16. The fourth-order valence-electron chi connectivity index (χ4n) is 2.33. The minimum Gasteiger partial charge on any atom is -0.453 e. The molecule has 0 aliphatic rings. The quantitative estimate of drug-likeness (QED) is 0.852. The molecule has 2 amide bonds. The van der Waals surface area contributed by atoms with Gasteiger partial charge >= 0.3 is 6.09 Å². The number of aromatic nitrogens is 2. The average molecular weight is 318 g/mol. The van der Waals surface area contributed by atoms with Crippen molar-refractivity contribution in [3.05, 3.63) is 29.6 Å². The van der Waals surface area contributed by atoms with E-state index in [1.54, 1.807) is 4.90 Å². The molecule has 7 nitrogen and oxygen atoms in total. The topological polar surface area (TPSA) is 87.3 Å². The Kier molecular flexibility index (Phi) is 5.56. The fraction of sp³-hybridized carbons (Fsp3) is 0.438. The average Bonchev–Trinajstić information content (AvgIpc) is 2.93. The Morgan fingerprint density at radius 2 is 2.17 bits per heavy atom. The Hall–Kier alpha value is -2.57. The largest absolute Gasteiger partial charge is 0.453 e. The molecule has 23 heavy (non-hydrogen) atoms. The molecular formula is C16H22N4O3. The van der Waals surface area contributed by atoms with Gasteiger partial charge in [0.05, 0.1) is 24.7 Å². The molecule has 2 rings (SSSR count). The number of amides is 2. The van der Waals surface area contributed by atoms with Crippen LogP contribution in [0.2, 0.25) is 0 Å². The second kappa shape index (κ2) is 7.62. The molecule has 1 aromatic carbocycles. The molecule has 0 aliphatic heterocycles. The van der Waals surface area contributed by atoms with E-state index in [9.17, 15) is 9.59 Å². The molecule has 0 atom stereocenters. The number of carbonyl (C=O) groups is 2. The molecule has 1 aromatic heterocycles. The third-order valence-electron chi connectivity index (χ3n) is 3.44. The van der Waals surface area contributed by atoms with Crippen LogP contribution < -0.4 is 5.32 Å². The lowest BCUT2D eigenvalue weighted by molar-refractivity contribution is -0.130. The van der Waals surface area contributed by atoms with Crippen LogP contribution in [-0.2, 0) is 16.1 Å². The fourth-order valence-corrected chi connectivity index (χ4v) is 2.33. The highest BCUT2D eigenvalue weighted by molar-refractivity contribution is 5.82. The minimum atomic E-state index is -0.617. The lowest BCUT2D eigenvalue weighted by Crippen LogP contribution is -2.40. The summed E-state index contributed by atoms with van der Waals surface area (Å²) >= 11 is 0. The van der Waals surface area contributed by atoms with Gasteiger partial charge in [-0.15, -0.1) is 0 Å². The number of fused-ring (bicyclic) bond motifs is 1. The number of imidazole rings is 1. The van der Waals surface area contributed by atoms with Gasteiger partial charge in [0.2, 0.25) is 5.91 Å². The molecule has 0 saturated heterocycles. The van der Waals surface area contributed by atoms with Crippen molar-refractivity contribution in [1.82, 2.24) is 20.2 Å². The molecule has 0 aliphatic carbocycles. The number of aryl methyl sites for hydroxylation is 1. The maximum Gasteiger partial charge on any atom is 0.407 e. The molecule has 7 heteroatoms. The molecule has 0 radical (unpaired) electrons. The van der Waals surface area contributed by atoms with Crippen molar-refractivity contribution in [2.24, 2.45) is 0 Å². The number of rotatable bonds is 6. The zero-order chi connectivity index (χ0) is 16.8. The zero-order valence-electron chi connectivity index (χ0n) is 13.7. The van der Waals surface area contributed by atoms with Gasteiger partial charge in [-0.2, -0.15) is 0 Å². The van der Waals surface area contributed by atoms with E-state index in [0.29, 0.717) is 13.1 Å². The van der Waals surface area contributed by atoms with Crippen LogP contribution in [0.15, 0.2) is 18.2 Å². The van der Waals surface area contributed by atoms with Crippen molar-refractivity contribution < 1.29 is 14.3 Å². The summed E-state index contributed by atoms with van der Waals surface area (Å²) in [5.74, 6) is 0.555. The molecule has 2 N–H and O–H groups in total.